The van der Waals surface area contributed by atoms with E-state index in [1.807, 2.05) is 74.5 Å². The Kier molecular flexibility index (Phi) is 6.58. The summed E-state index contributed by atoms with van der Waals surface area (Å²) in [6, 6.07) is 8.02. The monoisotopic (exact) mass is 417 g/mol. The molecule has 0 aliphatic carbocycles. The lowest BCUT2D eigenvalue weighted by Crippen LogP contribution is -2.49. The number of carbonyl (C=O) groups excluding carboxylic acids is 2. The second-order valence-corrected chi connectivity index (χ2v) is 9.80. The number of hydrogen-bond donors (Lipinski definition) is 1. The molecular formula is C22H31N3O3S. The zero-order valence-corrected chi connectivity index (χ0v) is 18.7. The quantitative estimate of drug-likeness (QED) is 0.759. The summed E-state index contributed by atoms with van der Waals surface area (Å²) in [7, 11) is 0. The van der Waals surface area contributed by atoms with Gasteiger partial charge in [-0.2, -0.15) is 0 Å². The summed E-state index contributed by atoms with van der Waals surface area (Å²) in [5, 5.41) is 4.06. The van der Waals surface area contributed by atoms with Gasteiger partial charge in [-0.3, -0.25) is 9.59 Å². The minimum atomic E-state index is -0.246. The number of ether oxygens (including phenoxy) is 1. The van der Waals surface area contributed by atoms with Crippen LogP contribution < -0.4 is 5.32 Å². The van der Waals surface area contributed by atoms with Crippen molar-refractivity contribution in [3.05, 3.63) is 30.5 Å². The third-order valence-corrected chi connectivity index (χ3v) is 5.75. The van der Waals surface area contributed by atoms with Crippen LogP contribution in [-0.4, -0.2) is 57.9 Å². The molecule has 158 valence electrons. The van der Waals surface area contributed by atoms with Crippen LogP contribution in [0.5, 0.6) is 0 Å². The number of nitrogens with zero attached hydrogens (tertiary/aromatic N) is 2. The number of thioether (sulfide) groups is 1. The molecule has 3 rings (SSSR count). The number of aromatic nitrogens is 1. The summed E-state index contributed by atoms with van der Waals surface area (Å²) < 4.78 is 7.73. The number of para-hydroxylation sites is 1. The van der Waals surface area contributed by atoms with Crippen LogP contribution in [0.15, 0.2) is 35.4 Å². The maximum atomic E-state index is 12.9. The number of fused-ring (bicyclic) bond motifs is 1. The lowest BCUT2D eigenvalue weighted by Gasteiger charge is -2.35. The van der Waals surface area contributed by atoms with Crippen LogP contribution in [0.3, 0.4) is 0 Å². The van der Waals surface area contributed by atoms with Gasteiger partial charge in [0.15, 0.2) is 0 Å². The molecule has 2 atom stereocenters. The van der Waals surface area contributed by atoms with Gasteiger partial charge in [0, 0.05) is 40.6 Å². The van der Waals surface area contributed by atoms with Crippen molar-refractivity contribution >= 4 is 34.5 Å². The highest BCUT2D eigenvalue weighted by atomic mass is 32.2. The Morgan fingerprint density at radius 3 is 2.48 bits per heavy atom. The van der Waals surface area contributed by atoms with E-state index >= 15 is 0 Å². The van der Waals surface area contributed by atoms with Crippen LogP contribution in [0, 0.1) is 0 Å². The molecule has 1 aliphatic rings. The zero-order valence-electron chi connectivity index (χ0n) is 17.9. The van der Waals surface area contributed by atoms with Gasteiger partial charge in [0.05, 0.1) is 18.0 Å². The van der Waals surface area contributed by atoms with Crippen molar-refractivity contribution in [1.29, 1.82) is 0 Å². The summed E-state index contributed by atoms with van der Waals surface area (Å²) >= 11 is 1.51. The molecule has 1 aromatic carbocycles. The molecule has 1 aliphatic heterocycles. The predicted molar refractivity (Wildman–Crippen MR) is 117 cm³/mol. The van der Waals surface area contributed by atoms with Crippen molar-refractivity contribution < 1.29 is 14.3 Å². The number of carbonyl (C=O) groups is 2. The van der Waals surface area contributed by atoms with Crippen molar-refractivity contribution in [2.24, 2.45) is 0 Å². The first kappa shape index (κ1) is 21.7. The number of benzene rings is 1. The molecule has 7 heteroatoms. The Morgan fingerprint density at radius 1 is 1.17 bits per heavy atom. The topological polar surface area (TPSA) is 63.6 Å². The van der Waals surface area contributed by atoms with E-state index < -0.39 is 0 Å². The van der Waals surface area contributed by atoms with Crippen molar-refractivity contribution in [3.8, 4) is 0 Å². The molecule has 1 aromatic heterocycles. The van der Waals surface area contributed by atoms with Crippen molar-refractivity contribution in [3.63, 3.8) is 0 Å². The molecule has 0 saturated carbocycles. The van der Waals surface area contributed by atoms with E-state index in [1.165, 1.54) is 11.8 Å². The fraction of sp³-hybridized carbons (Fsp3) is 0.545. The fourth-order valence-corrected chi connectivity index (χ4v) is 4.57. The molecule has 1 fully saturated rings. The normalized spacial score (nSPS) is 20.1. The van der Waals surface area contributed by atoms with E-state index in [9.17, 15) is 9.59 Å². The maximum Gasteiger partial charge on any atom is 0.242 e. The summed E-state index contributed by atoms with van der Waals surface area (Å²) in [5.41, 5.74) is 0.763. The molecule has 29 heavy (non-hydrogen) atoms. The van der Waals surface area contributed by atoms with Gasteiger partial charge in [0.1, 0.15) is 6.54 Å². The zero-order chi connectivity index (χ0) is 21.2. The molecule has 0 unspecified atom stereocenters. The van der Waals surface area contributed by atoms with Crippen molar-refractivity contribution in [2.75, 3.05) is 18.8 Å². The molecule has 2 aromatic rings. The van der Waals surface area contributed by atoms with Gasteiger partial charge in [-0.25, -0.2) is 0 Å². The van der Waals surface area contributed by atoms with E-state index in [4.69, 9.17) is 4.74 Å². The van der Waals surface area contributed by atoms with Gasteiger partial charge in [-0.1, -0.05) is 18.2 Å². The molecule has 0 bridgehead atoms. The van der Waals surface area contributed by atoms with Crippen LogP contribution >= 0.6 is 11.8 Å². The number of rotatable bonds is 5. The van der Waals surface area contributed by atoms with E-state index in [-0.39, 0.29) is 36.1 Å². The van der Waals surface area contributed by atoms with Crippen molar-refractivity contribution in [2.45, 2.75) is 63.8 Å². The van der Waals surface area contributed by atoms with Gasteiger partial charge < -0.3 is 19.5 Å². The Morgan fingerprint density at radius 2 is 1.83 bits per heavy atom. The molecule has 6 nitrogen and oxygen atoms in total. The summed E-state index contributed by atoms with van der Waals surface area (Å²) in [6.45, 7) is 11.4. The molecule has 1 N–H and O–H groups in total. The minimum absolute atomic E-state index is 0.00620. The molecule has 1 saturated heterocycles. The Balaban J connectivity index is 1.74. The fourth-order valence-electron chi connectivity index (χ4n) is 3.68. The second kappa shape index (κ2) is 8.79. The van der Waals surface area contributed by atoms with Gasteiger partial charge in [0.25, 0.3) is 0 Å². The van der Waals surface area contributed by atoms with Gasteiger partial charge in [-0.15, -0.1) is 11.8 Å². The lowest BCUT2D eigenvalue weighted by atomic mass is 10.1. The molecular weight excluding hydrogens is 386 g/mol. The van der Waals surface area contributed by atoms with E-state index in [0.717, 1.165) is 15.8 Å². The SMILES string of the molecule is C[C@@H]1CN(C(=O)Cn2cc(SCC(=O)NC(C)(C)C)c3ccccc32)C[C@@H](C)O1. The third-order valence-electron chi connectivity index (χ3n) is 4.70. The third kappa shape index (κ3) is 5.76. The molecule has 2 heterocycles. The van der Waals surface area contributed by atoms with Gasteiger partial charge >= 0.3 is 0 Å². The van der Waals surface area contributed by atoms with Gasteiger partial charge in [-0.05, 0) is 40.7 Å². The lowest BCUT2D eigenvalue weighted by molar-refractivity contribution is -0.143. The second-order valence-electron chi connectivity index (χ2n) is 8.78. The molecule has 2 amide bonds. The van der Waals surface area contributed by atoms with Crippen molar-refractivity contribution in [1.82, 2.24) is 14.8 Å². The number of nitrogens with one attached hydrogen (secondary N) is 1. The Labute approximate surface area is 177 Å². The van der Waals surface area contributed by atoms with Gasteiger partial charge in [0.2, 0.25) is 11.8 Å². The van der Waals surface area contributed by atoms with E-state index in [2.05, 4.69) is 5.32 Å². The largest absolute Gasteiger partial charge is 0.372 e. The van der Waals surface area contributed by atoms with Crippen LogP contribution in [0.1, 0.15) is 34.6 Å². The first-order valence-corrected chi connectivity index (χ1v) is 11.1. The smallest absolute Gasteiger partial charge is 0.242 e. The number of hydrogen-bond acceptors (Lipinski definition) is 4. The summed E-state index contributed by atoms with van der Waals surface area (Å²) in [6.07, 6.45) is 2.10. The Hall–Kier alpha value is -1.99. The average molecular weight is 418 g/mol. The van der Waals surface area contributed by atoms with E-state index in [0.29, 0.717) is 18.8 Å². The van der Waals surface area contributed by atoms with E-state index in [1.54, 1.807) is 0 Å². The number of amides is 2. The summed E-state index contributed by atoms with van der Waals surface area (Å²) in [4.78, 5) is 28.0. The molecule has 0 spiro atoms. The highest BCUT2D eigenvalue weighted by Gasteiger charge is 2.26. The minimum Gasteiger partial charge on any atom is -0.372 e. The first-order chi connectivity index (χ1) is 13.6. The van der Waals surface area contributed by atoms with Crippen LogP contribution in [0.25, 0.3) is 10.9 Å². The maximum absolute atomic E-state index is 12.9. The Bertz CT molecular complexity index is 877. The number of morpholine rings is 1. The summed E-state index contributed by atoms with van der Waals surface area (Å²) in [5.74, 6) is 0.444. The molecule has 0 radical (unpaired) electrons. The highest BCUT2D eigenvalue weighted by molar-refractivity contribution is 8.00. The highest BCUT2D eigenvalue weighted by Crippen LogP contribution is 2.30. The average Bonchev–Trinajstić information content (AvgIpc) is 2.95. The van der Waals surface area contributed by atoms with Crippen LogP contribution in [-0.2, 0) is 20.9 Å². The standard InChI is InChI=1S/C22H31N3O3S/c1-15-10-25(11-16(2)28-15)21(27)13-24-12-19(17-8-6-7-9-18(17)24)29-14-20(26)23-22(3,4)5/h6-9,12,15-16H,10-11,13-14H2,1-5H3,(H,23,26)/t15-,16-/m1/s1. The predicted octanol–water partition coefficient (Wildman–Crippen LogP) is 3.28. The van der Waals surface area contributed by atoms with Crippen LogP contribution in [0.2, 0.25) is 0 Å². The van der Waals surface area contributed by atoms with Crippen LogP contribution in [0.4, 0.5) is 0 Å². The first-order valence-electron chi connectivity index (χ1n) is 10.1.